The summed E-state index contributed by atoms with van der Waals surface area (Å²) in [6.45, 7) is 2.14. The van der Waals surface area contributed by atoms with E-state index >= 15 is 0 Å². The second kappa shape index (κ2) is 6.95. The number of rotatable bonds is 3. The maximum atomic E-state index is 4.93. The minimum Gasteiger partial charge on any atom is -0.370 e. The lowest BCUT2D eigenvalue weighted by Crippen LogP contribution is -2.29. The standard InChI is InChI=1S/C23H21N7/c1-4-12-30(13-5-1)19-9-11-25-22-21(19)26-23(27-22)20-16-14-15(7-8-18(16)28-29-20)17-6-2-3-10-24-17/h2-3,6-11,14H,1,4-5,12-13H2,(H,28,29)(H,25,26,27). The number of nitrogens with zero attached hydrogens (tertiary/aromatic N) is 5. The molecule has 0 amide bonds. The monoisotopic (exact) mass is 395 g/mol. The van der Waals surface area contributed by atoms with Gasteiger partial charge in [0.25, 0.3) is 0 Å². The Balaban J connectivity index is 1.47. The topological polar surface area (TPSA) is 86.4 Å². The number of hydrogen-bond acceptors (Lipinski definition) is 5. The molecule has 1 saturated heterocycles. The lowest BCUT2D eigenvalue weighted by molar-refractivity contribution is 0.578. The maximum absolute atomic E-state index is 4.93. The van der Waals surface area contributed by atoms with Gasteiger partial charge < -0.3 is 9.88 Å². The number of benzene rings is 1. The first-order valence-electron chi connectivity index (χ1n) is 10.4. The van der Waals surface area contributed by atoms with Gasteiger partial charge in [-0.15, -0.1) is 0 Å². The molecular weight excluding hydrogens is 374 g/mol. The van der Waals surface area contributed by atoms with E-state index in [1.807, 2.05) is 36.7 Å². The van der Waals surface area contributed by atoms with Gasteiger partial charge in [0.1, 0.15) is 11.2 Å². The summed E-state index contributed by atoms with van der Waals surface area (Å²) in [5, 5.41) is 8.69. The second-order valence-corrected chi connectivity index (χ2v) is 7.71. The summed E-state index contributed by atoms with van der Waals surface area (Å²) < 4.78 is 0. The normalized spacial score (nSPS) is 14.6. The zero-order valence-corrected chi connectivity index (χ0v) is 16.5. The van der Waals surface area contributed by atoms with Crippen molar-refractivity contribution in [2.75, 3.05) is 18.0 Å². The van der Waals surface area contributed by atoms with Crippen LogP contribution in [-0.2, 0) is 0 Å². The fourth-order valence-electron chi connectivity index (χ4n) is 4.29. The van der Waals surface area contributed by atoms with Crippen LogP contribution in [0.25, 0.3) is 44.8 Å². The first kappa shape index (κ1) is 17.1. The van der Waals surface area contributed by atoms with E-state index in [-0.39, 0.29) is 0 Å². The summed E-state index contributed by atoms with van der Waals surface area (Å²) in [4.78, 5) is 19.7. The van der Waals surface area contributed by atoms with Gasteiger partial charge in [0, 0.05) is 36.4 Å². The molecule has 0 radical (unpaired) electrons. The summed E-state index contributed by atoms with van der Waals surface area (Å²) in [5.41, 5.74) is 6.60. The molecule has 1 aromatic carbocycles. The molecule has 1 aliphatic rings. The lowest BCUT2D eigenvalue weighted by Gasteiger charge is -2.28. The van der Waals surface area contributed by atoms with Crippen molar-refractivity contribution in [2.45, 2.75) is 19.3 Å². The number of nitrogens with one attached hydrogen (secondary N) is 2. The number of aromatic amines is 2. The summed E-state index contributed by atoms with van der Waals surface area (Å²) in [6.07, 6.45) is 7.41. The highest BCUT2D eigenvalue weighted by Crippen LogP contribution is 2.32. The minimum absolute atomic E-state index is 0.728. The molecule has 0 saturated carbocycles. The molecule has 2 N–H and O–H groups in total. The zero-order valence-electron chi connectivity index (χ0n) is 16.5. The van der Waals surface area contributed by atoms with Gasteiger partial charge in [-0.2, -0.15) is 5.10 Å². The van der Waals surface area contributed by atoms with Gasteiger partial charge >= 0.3 is 0 Å². The molecule has 1 fully saturated rings. The quantitative estimate of drug-likeness (QED) is 0.468. The predicted octanol–water partition coefficient (Wildman–Crippen LogP) is 4.55. The van der Waals surface area contributed by atoms with Gasteiger partial charge in [0.15, 0.2) is 11.5 Å². The Morgan fingerprint density at radius 2 is 1.83 bits per heavy atom. The van der Waals surface area contributed by atoms with Crippen LogP contribution in [0.5, 0.6) is 0 Å². The smallest absolute Gasteiger partial charge is 0.161 e. The number of imidazole rings is 1. The number of aromatic nitrogens is 6. The Labute approximate surface area is 173 Å². The zero-order chi connectivity index (χ0) is 19.9. The van der Waals surface area contributed by atoms with Crippen molar-refractivity contribution < 1.29 is 0 Å². The van der Waals surface area contributed by atoms with Crippen molar-refractivity contribution in [3.8, 4) is 22.8 Å². The van der Waals surface area contributed by atoms with E-state index in [2.05, 4.69) is 48.2 Å². The molecule has 6 rings (SSSR count). The van der Waals surface area contributed by atoms with E-state index in [4.69, 9.17) is 4.98 Å². The van der Waals surface area contributed by atoms with E-state index in [9.17, 15) is 0 Å². The lowest BCUT2D eigenvalue weighted by atomic mass is 10.1. The summed E-state index contributed by atoms with van der Waals surface area (Å²) in [6, 6.07) is 14.2. The van der Waals surface area contributed by atoms with Crippen molar-refractivity contribution in [3.63, 3.8) is 0 Å². The highest BCUT2D eigenvalue weighted by Gasteiger charge is 2.19. The number of piperidine rings is 1. The van der Waals surface area contributed by atoms with Gasteiger partial charge in [-0.25, -0.2) is 9.97 Å². The molecule has 4 aromatic heterocycles. The Hall–Kier alpha value is -3.74. The molecular formula is C23H21N7. The Morgan fingerprint density at radius 3 is 2.70 bits per heavy atom. The fraction of sp³-hybridized carbons (Fsp3) is 0.217. The summed E-state index contributed by atoms with van der Waals surface area (Å²) >= 11 is 0. The molecule has 0 unspecified atom stereocenters. The predicted molar refractivity (Wildman–Crippen MR) is 118 cm³/mol. The van der Waals surface area contributed by atoms with Crippen LogP contribution in [0.15, 0.2) is 54.9 Å². The van der Waals surface area contributed by atoms with Crippen molar-refractivity contribution >= 4 is 27.8 Å². The highest BCUT2D eigenvalue weighted by atomic mass is 15.2. The van der Waals surface area contributed by atoms with Crippen LogP contribution in [-0.4, -0.2) is 43.2 Å². The van der Waals surface area contributed by atoms with E-state index in [1.165, 1.54) is 19.3 Å². The largest absolute Gasteiger partial charge is 0.370 e. The van der Waals surface area contributed by atoms with Crippen LogP contribution in [0.1, 0.15) is 19.3 Å². The average Bonchev–Trinajstić information content (AvgIpc) is 3.43. The molecule has 1 aliphatic heterocycles. The van der Waals surface area contributed by atoms with Crippen LogP contribution in [0.4, 0.5) is 5.69 Å². The second-order valence-electron chi connectivity index (χ2n) is 7.71. The number of pyridine rings is 2. The first-order chi connectivity index (χ1) is 14.9. The number of anilines is 1. The molecule has 0 spiro atoms. The van der Waals surface area contributed by atoms with Gasteiger partial charge in [0.05, 0.1) is 16.9 Å². The van der Waals surface area contributed by atoms with Crippen LogP contribution >= 0.6 is 0 Å². The molecule has 148 valence electrons. The highest BCUT2D eigenvalue weighted by molar-refractivity contribution is 5.96. The van der Waals surface area contributed by atoms with Crippen LogP contribution in [0.3, 0.4) is 0 Å². The number of hydrogen-bond donors (Lipinski definition) is 2. The number of fused-ring (bicyclic) bond motifs is 2. The van der Waals surface area contributed by atoms with Crippen LogP contribution in [0, 0.1) is 0 Å². The van der Waals surface area contributed by atoms with E-state index in [0.29, 0.717) is 0 Å². The third-order valence-electron chi connectivity index (χ3n) is 5.81. The Kier molecular flexibility index (Phi) is 3.97. The van der Waals surface area contributed by atoms with Crippen molar-refractivity contribution in [3.05, 3.63) is 54.9 Å². The van der Waals surface area contributed by atoms with Gasteiger partial charge in [-0.1, -0.05) is 12.1 Å². The van der Waals surface area contributed by atoms with Crippen LogP contribution < -0.4 is 4.90 Å². The van der Waals surface area contributed by atoms with Crippen molar-refractivity contribution in [1.29, 1.82) is 0 Å². The average molecular weight is 395 g/mol. The Bertz CT molecular complexity index is 1330. The van der Waals surface area contributed by atoms with E-state index in [1.54, 1.807) is 0 Å². The fourth-order valence-corrected chi connectivity index (χ4v) is 4.29. The SMILES string of the molecule is c1ccc(-c2ccc3[nH]nc(-c4nc5c(N6CCCCC6)ccnc5[nH]4)c3c2)nc1. The molecule has 30 heavy (non-hydrogen) atoms. The number of H-pyrrole nitrogens is 2. The molecule has 5 aromatic rings. The van der Waals surface area contributed by atoms with E-state index < -0.39 is 0 Å². The van der Waals surface area contributed by atoms with E-state index in [0.717, 1.165) is 63.6 Å². The maximum Gasteiger partial charge on any atom is 0.161 e. The van der Waals surface area contributed by atoms with Crippen molar-refractivity contribution in [2.24, 2.45) is 0 Å². The Morgan fingerprint density at radius 1 is 0.900 bits per heavy atom. The molecule has 5 heterocycles. The molecule has 0 bridgehead atoms. The van der Waals surface area contributed by atoms with Crippen LogP contribution in [0.2, 0.25) is 0 Å². The molecule has 7 heteroatoms. The van der Waals surface area contributed by atoms with Crippen molar-refractivity contribution in [1.82, 2.24) is 30.1 Å². The van der Waals surface area contributed by atoms with Gasteiger partial charge in [-0.3, -0.25) is 10.1 Å². The minimum atomic E-state index is 0.728. The molecule has 0 atom stereocenters. The third-order valence-corrected chi connectivity index (χ3v) is 5.81. The third kappa shape index (κ3) is 2.82. The summed E-state index contributed by atoms with van der Waals surface area (Å²) in [5.74, 6) is 0.728. The summed E-state index contributed by atoms with van der Waals surface area (Å²) in [7, 11) is 0. The first-order valence-corrected chi connectivity index (χ1v) is 10.4. The molecule has 7 nitrogen and oxygen atoms in total. The molecule has 0 aliphatic carbocycles. The van der Waals surface area contributed by atoms with Gasteiger partial charge in [-0.05, 0) is 49.6 Å². The van der Waals surface area contributed by atoms with Gasteiger partial charge in [0.2, 0.25) is 0 Å².